The minimum absolute atomic E-state index is 0.296. The fourth-order valence-electron chi connectivity index (χ4n) is 1.52. The Morgan fingerprint density at radius 3 is 2.14 bits per heavy atom. The minimum Gasteiger partial charge on any atom is -0.361 e. The molecular formula is C13H14Cl3F3N2O. The Morgan fingerprint density at radius 1 is 1.14 bits per heavy atom. The molecule has 0 aliphatic carbocycles. The minimum atomic E-state index is -4.58. The van der Waals surface area contributed by atoms with E-state index in [1.54, 1.807) is 13.8 Å². The molecule has 9 heteroatoms. The number of hydrogen-bond acceptors (Lipinski definition) is 2. The van der Waals surface area contributed by atoms with Crippen molar-refractivity contribution < 1.29 is 18.0 Å². The molecule has 0 saturated heterocycles. The van der Waals surface area contributed by atoms with Crippen LogP contribution < -0.4 is 10.6 Å². The predicted molar refractivity (Wildman–Crippen MR) is 82.1 cm³/mol. The molecule has 0 heterocycles. The zero-order valence-electron chi connectivity index (χ0n) is 11.6. The van der Waals surface area contributed by atoms with E-state index in [1.165, 1.54) is 18.2 Å². The average molecular weight is 378 g/mol. The zero-order chi connectivity index (χ0) is 17.1. The van der Waals surface area contributed by atoms with Gasteiger partial charge in [-0.05, 0) is 12.1 Å². The number of carbonyl (C=O) groups excluding carboxylic acids is 1. The van der Waals surface area contributed by atoms with E-state index in [9.17, 15) is 18.0 Å². The van der Waals surface area contributed by atoms with Crippen LogP contribution in [0.4, 0.5) is 18.9 Å². The molecule has 1 aromatic carbocycles. The lowest BCUT2D eigenvalue weighted by atomic mass is 10.1. The summed E-state index contributed by atoms with van der Waals surface area (Å²) in [6.07, 6.45) is -5.90. The van der Waals surface area contributed by atoms with Crippen LogP contribution in [0.25, 0.3) is 0 Å². The Bertz CT molecular complexity index is 530. The standard InChI is InChI=1S/C13H14Cl3F3N2O/c1-7(2)10(22)21-11(12(14,15)16)20-9-6-4-3-5-8(9)13(17,18)19/h3-7,11,20H,1-2H3,(H,21,22)/t11-/m1/s1. The molecule has 0 radical (unpaired) electrons. The van der Waals surface area contributed by atoms with Gasteiger partial charge in [-0.3, -0.25) is 4.79 Å². The number of benzene rings is 1. The van der Waals surface area contributed by atoms with Gasteiger partial charge in [0.05, 0.1) is 5.56 Å². The van der Waals surface area contributed by atoms with Gasteiger partial charge in [0.1, 0.15) is 6.17 Å². The summed E-state index contributed by atoms with van der Waals surface area (Å²) in [5.74, 6) is -0.886. The maximum Gasteiger partial charge on any atom is 0.418 e. The lowest BCUT2D eigenvalue weighted by Gasteiger charge is -2.29. The van der Waals surface area contributed by atoms with E-state index in [2.05, 4.69) is 10.6 Å². The molecule has 0 saturated carbocycles. The van der Waals surface area contributed by atoms with Crippen molar-refractivity contribution >= 4 is 46.4 Å². The number of amides is 1. The Balaban J connectivity index is 3.09. The molecule has 0 bridgehead atoms. The van der Waals surface area contributed by atoms with E-state index in [-0.39, 0.29) is 5.69 Å². The van der Waals surface area contributed by atoms with Crippen LogP contribution >= 0.6 is 34.8 Å². The quantitative estimate of drug-likeness (QED) is 0.595. The molecule has 1 rings (SSSR count). The predicted octanol–water partition coefficient (Wildman–Crippen LogP) is 4.59. The first kappa shape index (κ1) is 19.2. The maximum atomic E-state index is 13.0. The van der Waals surface area contributed by atoms with Crippen LogP contribution in [-0.4, -0.2) is 15.9 Å². The Kier molecular flexibility index (Phi) is 6.24. The molecule has 0 aromatic heterocycles. The van der Waals surface area contributed by atoms with Gasteiger partial charge in [0.2, 0.25) is 9.70 Å². The van der Waals surface area contributed by atoms with E-state index >= 15 is 0 Å². The number of halogens is 6. The Hall–Kier alpha value is -0.850. The topological polar surface area (TPSA) is 41.1 Å². The molecule has 2 N–H and O–H groups in total. The van der Waals surface area contributed by atoms with Gasteiger partial charge >= 0.3 is 6.18 Å². The maximum absolute atomic E-state index is 13.0. The van der Waals surface area contributed by atoms with E-state index in [0.29, 0.717) is 0 Å². The summed E-state index contributed by atoms with van der Waals surface area (Å²) >= 11 is 17.2. The van der Waals surface area contributed by atoms with Crippen molar-refractivity contribution in [1.29, 1.82) is 0 Å². The van der Waals surface area contributed by atoms with Gasteiger partial charge < -0.3 is 10.6 Å². The zero-order valence-corrected chi connectivity index (χ0v) is 13.9. The van der Waals surface area contributed by atoms with Crippen molar-refractivity contribution in [2.75, 3.05) is 5.32 Å². The van der Waals surface area contributed by atoms with E-state index in [1.807, 2.05) is 0 Å². The highest BCUT2D eigenvalue weighted by Gasteiger charge is 2.38. The molecule has 124 valence electrons. The van der Waals surface area contributed by atoms with Gasteiger partial charge in [0.25, 0.3) is 0 Å². The Labute approximate surface area is 141 Å². The second kappa shape index (κ2) is 7.15. The summed E-state index contributed by atoms with van der Waals surface area (Å²) < 4.78 is 36.8. The molecule has 0 aliphatic rings. The molecule has 0 spiro atoms. The first-order chi connectivity index (χ1) is 9.93. The first-order valence-electron chi connectivity index (χ1n) is 6.22. The van der Waals surface area contributed by atoms with Crippen molar-refractivity contribution in [3.63, 3.8) is 0 Å². The molecule has 1 atom stereocenters. The number of nitrogens with one attached hydrogen (secondary N) is 2. The molecule has 0 aliphatic heterocycles. The summed E-state index contributed by atoms with van der Waals surface area (Å²) in [5, 5.41) is 4.80. The molecule has 1 aromatic rings. The number of alkyl halides is 6. The van der Waals surface area contributed by atoms with Gasteiger partial charge in [0, 0.05) is 11.6 Å². The van der Waals surface area contributed by atoms with Gasteiger partial charge in [-0.15, -0.1) is 0 Å². The summed E-state index contributed by atoms with van der Waals surface area (Å²) in [6, 6.07) is 4.72. The SMILES string of the molecule is CC(C)C(=O)N[C@@H](Nc1ccccc1C(F)(F)F)C(Cl)(Cl)Cl. The van der Waals surface area contributed by atoms with Crippen molar-refractivity contribution in [1.82, 2.24) is 5.32 Å². The fraction of sp³-hybridized carbons (Fsp3) is 0.462. The van der Waals surface area contributed by atoms with Crippen LogP contribution in [0.1, 0.15) is 19.4 Å². The highest BCUT2D eigenvalue weighted by Crippen LogP contribution is 2.37. The van der Waals surface area contributed by atoms with Crippen molar-refractivity contribution in [2.45, 2.75) is 30.0 Å². The van der Waals surface area contributed by atoms with Crippen molar-refractivity contribution in [3.8, 4) is 0 Å². The van der Waals surface area contributed by atoms with Crippen molar-refractivity contribution in [2.24, 2.45) is 5.92 Å². The van der Waals surface area contributed by atoms with Crippen LogP contribution in [0.2, 0.25) is 0 Å². The lowest BCUT2D eigenvalue weighted by Crippen LogP contribution is -2.50. The monoisotopic (exact) mass is 376 g/mol. The van der Waals surface area contributed by atoms with Crippen LogP contribution in [0.15, 0.2) is 24.3 Å². The van der Waals surface area contributed by atoms with E-state index in [4.69, 9.17) is 34.8 Å². The highest BCUT2D eigenvalue weighted by atomic mass is 35.6. The molecular weight excluding hydrogens is 364 g/mol. The molecule has 3 nitrogen and oxygen atoms in total. The summed E-state index contributed by atoms with van der Waals surface area (Å²) in [7, 11) is 0. The second-order valence-corrected chi connectivity index (χ2v) is 7.19. The first-order valence-corrected chi connectivity index (χ1v) is 7.36. The Morgan fingerprint density at radius 2 is 1.68 bits per heavy atom. The summed E-state index contributed by atoms with van der Waals surface area (Å²) in [4.78, 5) is 11.7. The highest BCUT2D eigenvalue weighted by molar-refractivity contribution is 6.68. The van der Waals surface area contributed by atoms with Gasteiger partial charge in [-0.1, -0.05) is 60.8 Å². The van der Waals surface area contributed by atoms with Gasteiger partial charge in [-0.25, -0.2) is 0 Å². The van der Waals surface area contributed by atoms with Crippen LogP contribution in [0.3, 0.4) is 0 Å². The smallest absolute Gasteiger partial charge is 0.361 e. The summed E-state index contributed by atoms with van der Waals surface area (Å²) in [6.45, 7) is 3.21. The van der Waals surface area contributed by atoms with Crippen LogP contribution in [0.5, 0.6) is 0 Å². The number of hydrogen-bond donors (Lipinski definition) is 2. The lowest BCUT2D eigenvalue weighted by molar-refractivity contribution is -0.137. The fourth-order valence-corrected chi connectivity index (χ4v) is 1.85. The van der Waals surface area contributed by atoms with Crippen LogP contribution in [-0.2, 0) is 11.0 Å². The second-order valence-electron chi connectivity index (χ2n) is 4.83. The number of anilines is 1. The third-order valence-electron chi connectivity index (χ3n) is 2.67. The van der Waals surface area contributed by atoms with E-state index < -0.39 is 33.5 Å². The number of para-hydroxylation sites is 1. The number of carbonyl (C=O) groups is 1. The third-order valence-corrected chi connectivity index (χ3v) is 3.33. The molecule has 22 heavy (non-hydrogen) atoms. The van der Waals surface area contributed by atoms with Crippen LogP contribution in [0, 0.1) is 5.92 Å². The van der Waals surface area contributed by atoms with Gasteiger partial charge in [-0.2, -0.15) is 13.2 Å². The molecule has 0 fully saturated rings. The molecule has 1 amide bonds. The largest absolute Gasteiger partial charge is 0.418 e. The third kappa shape index (κ3) is 5.41. The van der Waals surface area contributed by atoms with Gasteiger partial charge in [0.15, 0.2) is 0 Å². The number of rotatable bonds is 4. The summed E-state index contributed by atoms with van der Waals surface area (Å²) in [5.41, 5.74) is -1.22. The normalized spacial score (nSPS) is 13.9. The van der Waals surface area contributed by atoms with Crippen molar-refractivity contribution in [3.05, 3.63) is 29.8 Å². The van der Waals surface area contributed by atoms with E-state index in [0.717, 1.165) is 6.07 Å². The molecule has 0 unspecified atom stereocenters. The average Bonchev–Trinajstić information content (AvgIpc) is 2.35.